The number of benzene rings is 1. The molecule has 1 unspecified atom stereocenters. The van der Waals surface area contributed by atoms with Crippen LogP contribution in [0, 0.1) is 0 Å². The zero-order chi connectivity index (χ0) is 20.5. The summed E-state index contributed by atoms with van der Waals surface area (Å²) in [6.45, 7) is 4.28. The molecule has 0 fully saturated rings. The molecule has 28 heavy (non-hydrogen) atoms. The predicted molar refractivity (Wildman–Crippen MR) is 121 cm³/mol. The Bertz CT molecular complexity index is 496. The second kappa shape index (κ2) is 15.6. The van der Waals surface area contributed by atoms with Gasteiger partial charge in [-0.25, -0.2) is 0 Å². The summed E-state index contributed by atoms with van der Waals surface area (Å²) in [4.78, 5) is 12.0. The molecule has 1 aromatic rings. The first-order valence-electron chi connectivity index (χ1n) is 12.0. The Balaban J connectivity index is 2.10. The van der Waals surface area contributed by atoms with Crippen molar-refractivity contribution in [1.82, 2.24) is 0 Å². The Morgan fingerprint density at radius 2 is 1.14 bits per heavy atom. The Morgan fingerprint density at radius 1 is 0.714 bits per heavy atom. The minimum Gasteiger partial charge on any atom is -0.481 e. The molecule has 0 heterocycles. The molecule has 1 atom stereocenters. The van der Waals surface area contributed by atoms with Crippen LogP contribution >= 0.6 is 0 Å². The monoisotopic (exact) mass is 388 g/mol. The van der Waals surface area contributed by atoms with Crippen LogP contribution in [-0.2, 0) is 10.2 Å². The molecule has 1 N–H and O–H groups in total. The van der Waals surface area contributed by atoms with E-state index in [2.05, 4.69) is 6.92 Å². The maximum absolute atomic E-state index is 12.0. The molecule has 0 spiro atoms. The average Bonchev–Trinajstić information content (AvgIpc) is 2.71. The second-order valence-corrected chi connectivity index (χ2v) is 8.45. The molecule has 0 aliphatic rings. The third-order valence-corrected chi connectivity index (χ3v) is 6.30. The van der Waals surface area contributed by atoms with Crippen molar-refractivity contribution in [1.29, 1.82) is 0 Å². The third kappa shape index (κ3) is 9.26. The van der Waals surface area contributed by atoms with Crippen LogP contribution in [0.1, 0.15) is 122 Å². The number of hydrogen-bond acceptors (Lipinski definition) is 1. The molecule has 0 aromatic heterocycles. The van der Waals surface area contributed by atoms with Crippen LogP contribution in [0.3, 0.4) is 0 Å². The summed E-state index contributed by atoms with van der Waals surface area (Å²) >= 11 is 0. The highest BCUT2D eigenvalue weighted by Gasteiger charge is 2.37. The molecule has 1 aromatic carbocycles. The third-order valence-electron chi connectivity index (χ3n) is 6.30. The minimum absolute atomic E-state index is 0.658. The first-order chi connectivity index (χ1) is 13.7. The molecule has 0 aliphatic carbocycles. The van der Waals surface area contributed by atoms with E-state index in [0.29, 0.717) is 6.42 Å². The van der Waals surface area contributed by atoms with Gasteiger partial charge in [0.25, 0.3) is 0 Å². The summed E-state index contributed by atoms with van der Waals surface area (Å²) in [6, 6.07) is 9.81. The largest absolute Gasteiger partial charge is 0.481 e. The van der Waals surface area contributed by atoms with Gasteiger partial charge >= 0.3 is 5.97 Å². The Kier molecular flexibility index (Phi) is 13.8. The van der Waals surface area contributed by atoms with Gasteiger partial charge in [-0.2, -0.15) is 0 Å². The van der Waals surface area contributed by atoms with Gasteiger partial charge in [0.2, 0.25) is 0 Å². The van der Waals surface area contributed by atoms with Crippen LogP contribution in [0.5, 0.6) is 0 Å². The molecule has 0 saturated carbocycles. The van der Waals surface area contributed by atoms with E-state index in [1.807, 2.05) is 37.3 Å². The summed E-state index contributed by atoms with van der Waals surface area (Å²) in [7, 11) is 0. The summed E-state index contributed by atoms with van der Waals surface area (Å²) in [5.41, 5.74) is 0.248. The topological polar surface area (TPSA) is 37.3 Å². The van der Waals surface area contributed by atoms with Gasteiger partial charge in [-0.05, 0) is 18.4 Å². The lowest BCUT2D eigenvalue weighted by atomic mass is 9.74. The fraction of sp³-hybridized carbons (Fsp3) is 0.731. The summed E-state index contributed by atoms with van der Waals surface area (Å²) in [5, 5.41) is 9.88. The van der Waals surface area contributed by atoms with E-state index in [1.54, 1.807) is 0 Å². The molecule has 0 saturated heterocycles. The van der Waals surface area contributed by atoms with Crippen LogP contribution in [0.4, 0.5) is 0 Å². The molecule has 0 aliphatic heterocycles. The fourth-order valence-electron chi connectivity index (χ4n) is 4.29. The number of carbonyl (C=O) groups is 1. The van der Waals surface area contributed by atoms with Crippen molar-refractivity contribution in [3.63, 3.8) is 0 Å². The standard InChI is InChI=1S/C26H44O2/c1-3-5-6-7-8-9-10-11-12-13-14-15-16-20-23-26(4-2,25(27)28)24-21-18-17-19-22-24/h17-19,21-22H,3-16,20,23H2,1-2H3,(H,27,28). The van der Waals surface area contributed by atoms with E-state index in [1.165, 1.54) is 77.0 Å². The molecule has 160 valence electrons. The lowest BCUT2D eigenvalue weighted by Crippen LogP contribution is -2.35. The zero-order valence-corrected chi connectivity index (χ0v) is 18.6. The maximum atomic E-state index is 12.0. The maximum Gasteiger partial charge on any atom is 0.314 e. The van der Waals surface area contributed by atoms with Gasteiger partial charge in [0, 0.05) is 0 Å². The van der Waals surface area contributed by atoms with E-state index in [0.717, 1.165) is 24.8 Å². The average molecular weight is 389 g/mol. The van der Waals surface area contributed by atoms with Gasteiger partial charge in [0.1, 0.15) is 0 Å². The van der Waals surface area contributed by atoms with E-state index < -0.39 is 11.4 Å². The molecule has 0 amide bonds. The van der Waals surface area contributed by atoms with Crippen LogP contribution in [-0.4, -0.2) is 11.1 Å². The van der Waals surface area contributed by atoms with Crippen LogP contribution in [0.2, 0.25) is 0 Å². The summed E-state index contributed by atoms with van der Waals surface area (Å²) in [5.74, 6) is -0.670. The normalized spacial score (nSPS) is 13.4. The first-order valence-corrected chi connectivity index (χ1v) is 12.0. The van der Waals surface area contributed by atoms with Gasteiger partial charge in [0.15, 0.2) is 0 Å². The second-order valence-electron chi connectivity index (χ2n) is 8.45. The minimum atomic E-state index is -0.710. The van der Waals surface area contributed by atoms with E-state index in [-0.39, 0.29) is 0 Å². The Hall–Kier alpha value is -1.31. The number of hydrogen-bond donors (Lipinski definition) is 1. The highest BCUT2D eigenvalue weighted by molar-refractivity contribution is 5.81. The van der Waals surface area contributed by atoms with Gasteiger partial charge in [-0.1, -0.05) is 134 Å². The molecular weight excluding hydrogens is 344 g/mol. The zero-order valence-electron chi connectivity index (χ0n) is 18.6. The highest BCUT2D eigenvalue weighted by Crippen LogP contribution is 2.34. The lowest BCUT2D eigenvalue weighted by molar-refractivity contribution is -0.144. The summed E-state index contributed by atoms with van der Waals surface area (Å²) < 4.78 is 0. The van der Waals surface area contributed by atoms with Crippen molar-refractivity contribution < 1.29 is 9.90 Å². The van der Waals surface area contributed by atoms with E-state index in [4.69, 9.17) is 0 Å². The van der Waals surface area contributed by atoms with Crippen molar-refractivity contribution in [2.45, 2.75) is 122 Å². The number of carboxylic acid groups (broad SMARTS) is 1. The van der Waals surface area contributed by atoms with Crippen LogP contribution < -0.4 is 0 Å². The molecule has 2 nitrogen and oxygen atoms in total. The van der Waals surface area contributed by atoms with Gasteiger partial charge in [-0.15, -0.1) is 0 Å². The number of aliphatic carboxylic acids is 1. The van der Waals surface area contributed by atoms with Crippen molar-refractivity contribution >= 4 is 5.97 Å². The molecule has 2 heteroatoms. The molecule has 1 rings (SSSR count). The lowest BCUT2D eigenvalue weighted by Gasteiger charge is -2.29. The Labute approximate surface area is 174 Å². The van der Waals surface area contributed by atoms with Crippen LogP contribution in [0.15, 0.2) is 30.3 Å². The fourth-order valence-corrected chi connectivity index (χ4v) is 4.29. The van der Waals surface area contributed by atoms with E-state index >= 15 is 0 Å². The predicted octanol–water partition coefficient (Wildman–Crippen LogP) is 8.29. The highest BCUT2D eigenvalue weighted by atomic mass is 16.4. The number of unbranched alkanes of at least 4 members (excludes halogenated alkanes) is 13. The van der Waals surface area contributed by atoms with Crippen molar-refractivity contribution in [3.8, 4) is 0 Å². The first kappa shape index (κ1) is 24.7. The molecule has 0 bridgehead atoms. The van der Waals surface area contributed by atoms with Gasteiger partial charge in [0.05, 0.1) is 5.41 Å². The smallest absolute Gasteiger partial charge is 0.314 e. The van der Waals surface area contributed by atoms with Gasteiger partial charge < -0.3 is 5.11 Å². The molecule has 0 radical (unpaired) electrons. The van der Waals surface area contributed by atoms with Crippen molar-refractivity contribution in [3.05, 3.63) is 35.9 Å². The quantitative estimate of drug-likeness (QED) is 0.257. The van der Waals surface area contributed by atoms with Crippen molar-refractivity contribution in [2.75, 3.05) is 0 Å². The van der Waals surface area contributed by atoms with Crippen molar-refractivity contribution in [2.24, 2.45) is 0 Å². The van der Waals surface area contributed by atoms with Crippen LogP contribution in [0.25, 0.3) is 0 Å². The number of rotatable bonds is 18. The molecular formula is C26H44O2. The number of carboxylic acids is 1. The van der Waals surface area contributed by atoms with E-state index in [9.17, 15) is 9.90 Å². The summed E-state index contributed by atoms with van der Waals surface area (Å²) in [6.07, 6.45) is 20.0. The SMILES string of the molecule is CCCCCCCCCCCCCCCCC(CC)(C(=O)O)c1ccccc1. The van der Waals surface area contributed by atoms with Gasteiger partial charge in [-0.3, -0.25) is 4.79 Å². The Morgan fingerprint density at radius 3 is 1.54 bits per heavy atom.